The standard InChI is InChI=1S/C21H17F4N3O3/c1-10-2-4-12-6-13(22)7-14-17(12)28(10)20(31)16(18(14)29)19(30)27-9-11-3-5-15(26-8-11)21(23,24)25/h3,5-8,10,29H,2,4,9H2,1H3,(H,27,30). The predicted octanol–water partition coefficient (Wildman–Crippen LogP) is 3.70. The summed E-state index contributed by atoms with van der Waals surface area (Å²) in [4.78, 5) is 29.1. The maximum atomic E-state index is 14.1. The average molecular weight is 435 g/mol. The number of aromatic hydroxyl groups is 1. The fourth-order valence-corrected chi connectivity index (χ4v) is 3.86. The molecule has 31 heavy (non-hydrogen) atoms. The lowest BCUT2D eigenvalue weighted by molar-refractivity contribution is -0.141. The summed E-state index contributed by atoms with van der Waals surface area (Å²) in [6.45, 7) is 1.57. The third kappa shape index (κ3) is 3.62. The van der Waals surface area contributed by atoms with Gasteiger partial charge in [-0.3, -0.25) is 14.6 Å². The lowest BCUT2D eigenvalue weighted by Gasteiger charge is -2.26. The monoisotopic (exact) mass is 435 g/mol. The molecule has 1 aliphatic rings. The van der Waals surface area contributed by atoms with Crippen molar-refractivity contribution in [1.29, 1.82) is 0 Å². The molecule has 1 aromatic carbocycles. The Morgan fingerprint density at radius 2 is 2.06 bits per heavy atom. The van der Waals surface area contributed by atoms with Crippen molar-refractivity contribution in [1.82, 2.24) is 14.9 Å². The van der Waals surface area contributed by atoms with Crippen molar-refractivity contribution in [2.24, 2.45) is 0 Å². The van der Waals surface area contributed by atoms with Crippen molar-refractivity contribution in [3.63, 3.8) is 0 Å². The Labute approximate surface area is 173 Å². The van der Waals surface area contributed by atoms with Crippen molar-refractivity contribution < 1.29 is 27.5 Å². The number of pyridine rings is 2. The molecule has 3 heterocycles. The number of hydrogen-bond acceptors (Lipinski definition) is 4. The molecule has 4 rings (SSSR count). The zero-order valence-electron chi connectivity index (χ0n) is 16.3. The molecule has 1 unspecified atom stereocenters. The highest BCUT2D eigenvalue weighted by molar-refractivity contribution is 6.03. The molecule has 162 valence electrons. The van der Waals surface area contributed by atoms with Crippen molar-refractivity contribution >= 4 is 16.8 Å². The van der Waals surface area contributed by atoms with Crippen LogP contribution in [0.2, 0.25) is 0 Å². The number of halogens is 4. The van der Waals surface area contributed by atoms with Gasteiger partial charge in [-0.25, -0.2) is 4.39 Å². The number of nitrogens with zero attached hydrogens (tertiary/aromatic N) is 2. The van der Waals surface area contributed by atoms with Gasteiger partial charge in [0.2, 0.25) is 0 Å². The molecule has 3 aromatic rings. The van der Waals surface area contributed by atoms with Crippen LogP contribution in [-0.2, 0) is 19.1 Å². The highest BCUT2D eigenvalue weighted by Crippen LogP contribution is 2.35. The summed E-state index contributed by atoms with van der Waals surface area (Å²) >= 11 is 0. The van der Waals surface area contributed by atoms with Crippen molar-refractivity contribution in [3.8, 4) is 5.75 Å². The first-order valence-corrected chi connectivity index (χ1v) is 9.48. The highest BCUT2D eigenvalue weighted by Gasteiger charge is 2.32. The minimum Gasteiger partial charge on any atom is -0.506 e. The second kappa shape index (κ2) is 7.36. The van der Waals surface area contributed by atoms with Crippen LogP contribution in [0.4, 0.5) is 17.6 Å². The normalized spacial score (nSPS) is 15.8. The van der Waals surface area contributed by atoms with Crippen LogP contribution in [0, 0.1) is 5.82 Å². The number of benzene rings is 1. The Bertz CT molecular complexity index is 1250. The van der Waals surface area contributed by atoms with Crippen LogP contribution in [0.25, 0.3) is 10.9 Å². The summed E-state index contributed by atoms with van der Waals surface area (Å²) in [6, 6.07) is 4.04. The summed E-state index contributed by atoms with van der Waals surface area (Å²) in [7, 11) is 0. The van der Waals surface area contributed by atoms with E-state index in [0.29, 0.717) is 23.9 Å². The van der Waals surface area contributed by atoms with Gasteiger partial charge < -0.3 is 15.0 Å². The molecule has 6 nitrogen and oxygen atoms in total. The SMILES string of the molecule is CC1CCc2cc(F)cc3c(O)c(C(=O)NCc4ccc(C(F)(F)F)nc4)c(=O)n1c23. The lowest BCUT2D eigenvalue weighted by atomic mass is 9.95. The summed E-state index contributed by atoms with van der Waals surface area (Å²) in [6.07, 6.45) is -2.53. The molecule has 2 aromatic heterocycles. The number of hydrogen-bond donors (Lipinski definition) is 2. The molecular formula is C21H17F4N3O3. The number of aryl methyl sites for hydroxylation is 1. The maximum absolute atomic E-state index is 14.1. The number of carbonyl (C=O) groups excluding carboxylic acids is 1. The van der Waals surface area contributed by atoms with E-state index >= 15 is 0 Å². The van der Waals surface area contributed by atoms with E-state index in [1.54, 1.807) is 6.92 Å². The molecule has 1 amide bonds. The van der Waals surface area contributed by atoms with Crippen LogP contribution in [0.1, 0.15) is 46.6 Å². The van der Waals surface area contributed by atoms with Gasteiger partial charge in [-0.05, 0) is 49.1 Å². The molecule has 1 atom stereocenters. The van der Waals surface area contributed by atoms with Gasteiger partial charge >= 0.3 is 6.18 Å². The quantitative estimate of drug-likeness (QED) is 0.615. The van der Waals surface area contributed by atoms with Gasteiger partial charge in [-0.15, -0.1) is 0 Å². The summed E-state index contributed by atoms with van der Waals surface area (Å²) in [5.74, 6) is -2.15. The fraction of sp³-hybridized carbons (Fsp3) is 0.286. The Hall–Kier alpha value is -3.43. The van der Waals surface area contributed by atoms with E-state index in [-0.39, 0.29) is 23.5 Å². The van der Waals surface area contributed by atoms with Crippen molar-refractivity contribution in [2.45, 2.75) is 38.5 Å². The maximum Gasteiger partial charge on any atom is 0.433 e. The van der Waals surface area contributed by atoms with Crippen LogP contribution in [0.3, 0.4) is 0 Å². The van der Waals surface area contributed by atoms with Crippen molar-refractivity contribution in [2.75, 3.05) is 0 Å². The molecule has 1 aliphatic heterocycles. The molecule has 0 spiro atoms. The minimum absolute atomic E-state index is 0.0579. The van der Waals surface area contributed by atoms with Gasteiger partial charge in [-0.2, -0.15) is 13.2 Å². The first-order chi connectivity index (χ1) is 14.6. The zero-order valence-corrected chi connectivity index (χ0v) is 16.3. The first kappa shape index (κ1) is 20.8. The van der Waals surface area contributed by atoms with Crippen LogP contribution in [0.15, 0.2) is 35.3 Å². The third-order valence-corrected chi connectivity index (χ3v) is 5.39. The Morgan fingerprint density at radius 1 is 1.32 bits per heavy atom. The number of amides is 1. The van der Waals surface area contributed by atoms with E-state index < -0.39 is 40.5 Å². The van der Waals surface area contributed by atoms with Crippen LogP contribution < -0.4 is 10.9 Å². The molecule has 0 aliphatic carbocycles. The van der Waals surface area contributed by atoms with E-state index in [9.17, 15) is 32.3 Å². The van der Waals surface area contributed by atoms with E-state index in [4.69, 9.17) is 0 Å². The van der Waals surface area contributed by atoms with E-state index in [1.165, 1.54) is 10.6 Å². The number of alkyl halides is 3. The van der Waals surface area contributed by atoms with Gasteiger partial charge in [0, 0.05) is 24.2 Å². The second-order valence-electron chi connectivity index (χ2n) is 7.48. The predicted molar refractivity (Wildman–Crippen MR) is 103 cm³/mol. The topological polar surface area (TPSA) is 84.2 Å². The van der Waals surface area contributed by atoms with Crippen LogP contribution in [-0.4, -0.2) is 20.6 Å². The van der Waals surface area contributed by atoms with E-state index in [1.807, 2.05) is 0 Å². The van der Waals surface area contributed by atoms with Gasteiger partial charge in [0.15, 0.2) is 0 Å². The first-order valence-electron chi connectivity index (χ1n) is 9.48. The zero-order chi connectivity index (χ0) is 22.5. The van der Waals surface area contributed by atoms with E-state index in [0.717, 1.165) is 24.4 Å². The average Bonchev–Trinajstić information content (AvgIpc) is 2.70. The molecule has 10 heteroatoms. The molecule has 2 N–H and O–H groups in total. The number of aromatic nitrogens is 2. The molecule has 0 fully saturated rings. The summed E-state index contributed by atoms with van der Waals surface area (Å²) in [5, 5.41) is 13.1. The smallest absolute Gasteiger partial charge is 0.433 e. The van der Waals surface area contributed by atoms with Gasteiger partial charge in [0.1, 0.15) is 22.8 Å². The summed E-state index contributed by atoms with van der Waals surface area (Å²) in [5.41, 5.74) is -1.09. The third-order valence-electron chi connectivity index (χ3n) is 5.39. The Morgan fingerprint density at radius 3 is 2.71 bits per heavy atom. The largest absolute Gasteiger partial charge is 0.506 e. The molecule has 0 radical (unpaired) electrons. The van der Waals surface area contributed by atoms with Crippen LogP contribution >= 0.6 is 0 Å². The highest BCUT2D eigenvalue weighted by atomic mass is 19.4. The number of carbonyl (C=O) groups is 1. The molecule has 0 saturated heterocycles. The Balaban J connectivity index is 1.70. The van der Waals surface area contributed by atoms with Crippen LogP contribution in [0.5, 0.6) is 5.75 Å². The number of rotatable bonds is 3. The van der Waals surface area contributed by atoms with Crippen molar-refractivity contribution in [3.05, 3.63) is 69.0 Å². The minimum atomic E-state index is -4.58. The van der Waals surface area contributed by atoms with E-state index in [2.05, 4.69) is 10.3 Å². The molecule has 0 saturated carbocycles. The number of nitrogens with one attached hydrogen (secondary N) is 1. The van der Waals surface area contributed by atoms with Gasteiger partial charge in [-0.1, -0.05) is 6.07 Å². The Kier molecular flexibility index (Phi) is 4.95. The van der Waals surface area contributed by atoms with Gasteiger partial charge in [0.25, 0.3) is 11.5 Å². The second-order valence-corrected chi connectivity index (χ2v) is 7.48. The van der Waals surface area contributed by atoms with Gasteiger partial charge in [0.05, 0.1) is 5.52 Å². The fourth-order valence-electron chi connectivity index (χ4n) is 3.86. The molecule has 0 bridgehead atoms. The molecular weight excluding hydrogens is 418 g/mol. The lowest BCUT2D eigenvalue weighted by Crippen LogP contribution is -2.36. The summed E-state index contributed by atoms with van der Waals surface area (Å²) < 4.78 is 53.3.